The fourth-order valence-corrected chi connectivity index (χ4v) is 4.86. The number of thiophene rings is 1. The van der Waals surface area contributed by atoms with E-state index in [1.807, 2.05) is 25.1 Å². The van der Waals surface area contributed by atoms with Crippen LogP contribution in [0.3, 0.4) is 0 Å². The Hall–Kier alpha value is -3.56. The number of esters is 1. The van der Waals surface area contributed by atoms with Gasteiger partial charge in [0, 0.05) is 30.9 Å². The van der Waals surface area contributed by atoms with Crippen LogP contribution in [0.2, 0.25) is 0 Å². The maximum Gasteiger partial charge on any atom is 0.348 e. The average molecular weight is 466 g/mol. The van der Waals surface area contributed by atoms with Crippen LogP contribution in [-0.2, 0) is 4.74 Å². The van der Waals surface area contributed by atoms with Crippen LogP contribution in [-0.4, -0.2) is 43.3 Å². The Kier molecular flexibility index (Phi) is 6.29. The van der Waals surface area contributed by atoms with Crippen molar-refractivity contribution in [3.8, 4) is 0 Å². The van der Waals surface area contributed by atoms with Crippen LogP contribution in [0, 0.1) is 0 Å². The second-order valence-electron chi connectivity index (χ2n) is 7.07. The second-order valence-corrected chi connectivity index (χ2v) is 9.11. The molecule has 4 rings (SSSR count). The zero-order valence-electron chi connectivity index (χ0n) is 17.3. The lowest BCUT2D eigenvalue weighted by atomic mass is 10.1. The maximum atomic E-state index is 12.4. The number of Topliss-reactive ketones (excluding diaryl/α,β-unsaturated/α-hetero) is 1. The summed E-state index contributed by atoms with van der Waals surface area (Å²) in [6.45, 7) is -0.365. The highest BCUT2D eigenvalue weighted by Gasteiger charge is 2.17. The molecule has 1 N–H and O–H groups in total. The van der Waals surface area contributed by atoms with Crippen molar-refractivity contribution in [1.82, 2.24) is 4.98 Å². The summed E-state index contributed by atoms with van der Waals surface area (Å²) in [5.74, 6) is -1.11. The molecule has 0 atom stereocenters. The Labute approximate surface area is 192 Å². The average Bonchev–Trinajstić information content (AvgIpc) is 3.38. The number of fused-ring (bicyclic) bond motifs is 1. The van der Waals surface area contributed by atoms with E-state index in [1.165, 1.54) is 22.7 Å². The molecule has 0 aliphatic carbocycles. The molecule has 9 heteroatoms. The highest BCUT2D eigenvalue weighted by atomic mass is 32.1. The van der Waals surface area contributed by atoms with Crippen molar-refractivity contribution in [3.63, 3.8) is 0 Å². The third-order valence-corrected chi connectivity index (χ3v) is 6.81. The SMILES string of the molecule is CN(C)c1nc2sc(C(=O)OCC(=O)c3ccc(NC(=O)c4ccccc4)cc3)cc2s1. The van der Waals surface area contributed by atoms with Crippen LogP contribution in [0.25, 0.3) is 9.53 Å². The van der Waals surface area contributed by atoms with Gasteiger partial charge in [-0.1, -0.05) is 29.5 Å². The topological polar surface area (TPSA) is 88.6 Å². The molecule has 0 unspecified atom stereocenters. The minimum atomic E-state index is -0.549. The van der Waals surface area contributed by atoms with Gasteiger partial charge in [0.1, 0.15) is 9.71 Å². The number of nitrogens with zero attached hydrogens (tertiary/aromatic N) is 2. The van der Waals surface area contributed by atoms with E-state index in [2.05, 4.69) is 10.3 Å². The van der Waals surface area contributed by atoms with Crippen molar-refractivity contribution in [3.05, 3.63) is 76.7 Å². The lowest BCUT2D eigenvalue weighted by Crippen LogP contribution is -2.14. The van der Waals surface area contributed by atoms with Crippen molar-refractivity contribution >= 4 is 60.7 Å². The molecule has 0 saturated carbocycles. The molecule has 0 fully saturated rings. The smallest absolute Gasteiger partial charge is 0.348 e. The van der Waals surface area contributed by atoms with E-state index < -0.39 is 5.97 Å². The van der Waals surface area contributed by atoms with Gasteiger partial charge < -0.3 is 15.0 Å². The van der Waals surface area contributed by atoms with Crippen LogP contribution in [0.1, 0.15) is 30.4 Å². The summed E-state index contributed by atoms with van der Waals surface area (Å²) in [6.07, 6.45) is 0. The van der Waals surface area contributed by atoms with E-state index in [-0.39, 0.29) is 18.3 Å². The van der Waals surface area contributed by atoms with Gasteiger partial charge in [0.25, 0.3) is 5.91 Å². The molecule has 0 saturated heterocycles. The molecule has 7 nitrogen and oxygen atoms in total. The van der Waals surface area contributed by atoms with Gasteiger partial charge in [-0.2, -0.15) is 0 Å². The predicted molar refractivity (Wildman–Crippen MR) is 127 cm³/mol. The molecule has 2 heterocycles. The van der Waals surface area contributed by atoms with Gasteiger partial charge >= 0.3 is 5.97 Å². The Balaban J connectivity index is 1.33. The number of carbonyl (C=O) groups is 3. The number of amides is 1. The van der Waals surface area contributed by atoms with Crippen molar-refractivity contribution in [2.75, 3.05) is 30.9 Å². The van der Waals surface area contributed by atoms with E-state index in [9.17, 15) is 14.4 Å². The lowest BCUT2D eigenvalue weighted by Gasteiger charge is -2.07. The van der Waals surface area contributed by atoms with E-state index in [1.54, 1.807) is 54.6 Å². The van der Waals surface area contributed by atoms with Crippen molar-refractivity contribution in [2.24, 2.45) is 0 Å². The number of anilines is 2. The Bertz CT molecular complexity index is 1250. The molecular weight excluding hydrogens is 446 g/mol. The summed E-state index contributed by atoms with van der Waals surface area (Å²) in [5.41, 5.74) is 1.50. The van der Waals surface area contributed by atoms with Gasteiger partial charge in [0.05, 0.1) is 4.70 Å². The molecule has 2 aromatic carbocycles. The number of nitrogens with one attached hydrogen (secondary N) is 1. The summed E-state index contributed by atoms with van der Waals surface area (Å²) in [6, 6.07) is 17.0. The van der Waals surface area contributed by atoms with Crippen LogP contribution in [0.4, 0.5) is 10.8 Å². The van der Waals surface area contributed by atoms with Gasteiger partial charge in [-0.25, -0.2) is 9.78 Å². The summed E-state index contributed by atoms with van der Waals surface area (Å²) in [5, 5.41) is 3.64. The Morgan fingerprint density at radius 2 is 1.69 bits per heavy atom. The van der Waals surface area contributed by atoms with Gasteiger partial charge in [-0.3, -0.25) is 9.59 Å². The summed E-state index contributed by atoms with van der Waals surface area (Å²) in [4.78, 5) is 44.5. The highest BCUT2D eigenvalue weighted by Crippen LogP contribution is 2.34. The van der Waals surface area contributed by atoms with Crippen LogP contribution in [0.15, 0.2) is 60.7 Å². The quantitative estimate of drug-likeness (QED) is 0.314. The minimum Gasteiger partial charge on any atom is -0.453 e. The van der Waals surface area contributed by atoms with Gasteiger partial charge in [0.2, 0.25) is 0 Å². The standard InChI is InChI=1S/C23H19N3O4S2/c1-26(2)23-25-21-18(32-23)12-19(31-21)22(29)30-13-17(27)14-8-10-16(11-9-14)24-20(28)15-6-4-3-5-7-15/h3-12H,13H2,1-2H3,(H,24,28). The fourth-order valence-electron chi connectivity index (χ4n) is 2.83. The molecule has 1 amide bonds. The molecule has 162 valence electrons. The number of aromatic nitrogens is 1. The summed E-state index contributed by atoms with van der Waals surface area (Å²) >= 11 is 2.73. The number of thiazole rings is 1. The molecule has 0 bridgehead atoms. The molecule has 0 aliphatic rings. The number of ether oxygens (including phenoxy) is 1. The number of ketones is 1. The molecule has 4 aromatic rings. The first-order chi connectivity index (χ1) is 15.4. The lowest BCUT2D eigenvalue weighted by molar-refractivity contribution is 0.0479. The van der Waals surface area contributed by atoms with Crippen molar-refractivity contribution in [1.29, 1.82) is 0 Å². The van der Waals surface area contributed by atoms with Crippen LogP contribution >= 0.6 is 22.7 Å². The van der Waals surface area contributed by atoms with Crippen molar-refractivity contribution < 1.29 is 19.1 Å². The highest BCUT2D eigenvalue weighted by molar-refractivity contribution is 7.29. The van der Waals surface area contributed by atoms with E-state index >= 15 is 0 Å². The summed E-state index contributed by atoms with van der Waals surface area (Å²) < 4.78 is 6.10. The number of rotatable bonds is 7. The number of hydrogen-bond donors (Lipinski definition) is 1. The molecule has 0 spiro atoms. The number of carbonyl (C=O) groups excluding carboxylic acids is 3. The first-order valence-electron chi connectivity index (χ1n) is 9.65. The monoisotopic (exact) mass is 465 g/mol. The molecular formula is C23H19N3O4S2. The second kappa shape index (κ2) is 9.29. The predicted octanol–water partition coefficient (Wildman–Crippen LogP) is 4.72. The third kappa shape index (κ3) is 4.84. The van der Waals surface area contributed by atoms with E-state index in [4.69, 9.17) is 4.74 Å². The first-order valence-corrected chi connectivity index (χ1v) is 11.3. The Morgan fingerprint density at radius 1 is 0.969 bits per heavy atom. The fraction of sp³-hybridized carbons (Fsp3) is 0.130. The minimum absolute atomic E-state index is 0.235. The van der Waals surface area contributed by atoms with Crippen molar-refractivity contribution in [2.45, 2.75) is 0 Å². The largest absolute Gasteiger partial charge is 0.453 e. The van der Waals surface area contributed by atoms with E-state index in [0.717, 1.165) is 14.7 Å². The third-order valence-electron chi connectivity index (χ3n) is 4.50. The molecule has 2 aromatic heterocycles. The van der Waals surface area contributed by atoms with Crippen LogP contribution in [0.5, 0.6) is 0 Å². The molecule has 0 aliphatic heterocycles. The van der Waals surface area contributed by atoms with Gasteiger partial charge in [-0.15, -0.1) is 11.3 Å². The Morgan fingerprint density at radius 3 is 2.34 bits per heavy atom. The van der Waals surface area contributed by atoms with Gasteiger partial charge in [-0.05, 0) is 42.5 Å². The van der Waals surface area contributed by atoms with Gasteiger partial charge in [0.15, 0.2) is 17.5 Å². The molecule has 0 radical (unpaired) electrons. The summed E-state index contributed by atoms with van der Waals surface area (Å²) in [7, 11) is 3.82. The first kappa shape index (κ1) is 21.7. The zero-order chi connectivity index (χ0) is 22.7. The number of hydrogen-bond acceptors (Lipinski definition) is 8. The normalized spacial score (nSPS) is 10.7. The number of benzene rings is 2. The van der Waals surface area contributed by atoms with Crippen LogP contribution < -0.4 is 10.2 Å². The zero-order valence-corrected chi connectivity index (χ0v) is 19.0. The molecule has 32 heavy (non-hydrogen) atoms. The van der Waals surface area contributed by atoms with E-state index in [0.29, 0.717) is 21.7 Å². The maximum absolute atomic E-state index is 12.4.